The number of hydrogen-bond acceptors (Lipinski definition) is 5. The molecule has 2 N–H and O–H groups in total. The van der Waals surface area contributed by atoms with Gasteiger partial charge < -0.3 is 5.32 Å². The minimum absolute atomic E-state index is 0.0903. The summed E-state index contributed by atoms with van der Waals surface area (Å²) in [4.78, 5) is 27.0. The fourth-order valence-corrected chi connectivity index (χ4v) is 2.68. The van der Waals surface area contributed by atoms with Crippen molar-refractivity contribution in [1.29, 1.82) is 0 Å². The van der Waals surface area contributed by atoms with Crippen LogP contribution in [-0.2, 0) is 5.54 Å². The summed E-state index contributed by atoms with van der Waals surface area (Å²) in [6.45, 7) is 1.72. The molecule has 1 aliphatic carbocycles. The number of aryl methyl sites for hydroxylation is 1. The normalized spacial score (nSPS) is 15.9. The Morgan fingerprint density at radius 1 is 1.41 bits per heavy atom. The first-order chi connectivity index (χ1) is 10.5. The monoisotopic (exact) mass is 301 g/mol. The fraction of sp³-hybridized carbons (Fsp3) is 0.357. The lowest BCUT2D eigenvalue weighted by atomic mass is 9.76. The van der Waals surface area contributed by atoms with Crippen LogP contribution >= 0.6 is 0 Å². The molecule has 0 unspecified atom stereocenters. The Kier molecular flexibility index (Phi) is 3.36. The average molecular weight is 301 g/mol. The van der Waals surface area contributed by atoms with Crippen LogP contribution in [0.4, 0.5) is 5.69 Å². The predicted octanol–water partition coefficient (Wildman–Crippen LogP) is 1.83. The lowest BCUT2D eigenvalue weighted by Crippen LogP contribution is -2.51. The number of non-ortho nitro benzene ring substituents is 1. The molecule has 0 aliphatic heterocycles. The summed E-state index contributed by atoms with van der Waals surface area (Å²) in [5, 5.41) is 20.5. The molecule has 1 aromatic heterocycles. The molecule has 3 rings (SSSR count). The Balaban J connectivity index is 1.87. The summed E-state index contributed by atoms with van der Waals surface area (Å²) in [7, 11) is 0. The van der Waals surface area contributed by atoms with Crippen LogP contribution in [0.5, 0.6) is 0 Å². The first kappa shape index (κ1) is 14.2. The standard InChI is InChI=1S/C14H15N5O3/c1-9-5-10(7-11(6-9)19(21)22)12(20)17-14(3-2-4-14)13-15-8-16-18-13/h5-8H,2-4H2,1H3,(H,17,20)(H,15,16,18). The van der Waals surface area contributed by atoms with Crippen molar-refractivity contribution in [3.05, 3.63) is 51.6 Å². The molecular formula is C14H15N5O3. The topological polar surface area (TPSA) is 114 Å². The maximum Gasteiger partial charge on any atom is 0.270 e. The van der Waals surface area contributed by atoms with E-state index in [1.807, 2.05) is 0 Å². The zero-order chi connectivity index (χ0) is 15.7. The second-order valence-corrected chi connectivity index (χ2v) is 5.54. The highest BCUT2D eigenvalue weighted by Crippen LogP contribution is 2.39. The lowest BCUT2D eigenvalue weighted by Gasteiger charge is -2.40. The Bertz CT molecular complexity index is 722. The largest absolute Gasteiger partial charge is 0.339 e. The van der Waals surface area contributed by atoms with Crippen molar-refractivity contribution in [3.8, 4) is 0 Å². The van der Waals surface area contributed by atoms with Gasteiger partial charge >= 0.3 is 0 Å². The van der Waals surface area contributed by atoms with Gasteiger partial charge in [0, 0.05) is 17.7 Å². The Hall–Kier alpha value is -2.77. The number of aromatic nitrogens is 3. The number of nitrogens with one attached hydrogen (secondary N) is 2. The molecule has 8 heteroatoms. The first-order valence-corrected chi connectivity index (χ1v) is 6.95. The van der Waals surface area contributed by atoms with E-state index in [1.54, 1.807) is 13.0 Å². The number of nitro groups is 1. The molecule has 0 radical (unpaired) electrons. The molecule has 0 bridgehead atoms. The van der Waals surface area contributed by atoms with E-state index in [0.717, 1.165) is 19.3 Å². The van der Waals surface area contributed by atoms with Crippen molar-refractivity contribution >= 4 is 11.6 Å². The molecule has 1 aliphatic rings. The van der Waals surface area contributed by atoms with E-state index in [2.05, 4.69) is 20.5 Å². The van der Waals surface area contributed by atoms with E-state index in [4.69, 9.17) is 0 Å². The number of hydrogen-bond donors (Lipinski definition) is 2. The quantitative estimate of drug-likeness (QED) is 0.660. The molecule has 0 spiro atoms. The molecule has 1 aromatic carbocycles. The maximum absolute atomic E-state index is 12.5. The van der Waals surface area contributed by atoms with Crippen LogP contribution in [0.1, 0.15) is 41.0 Å². The second kappa shape index (κ2) is 5.21. The zero-order valence-corrected chi connectivity index (χ0v) is 12.0. The van der Waals surface area contributed by atoms with E-state index >= 15 is 0 Å². The van der Waals surface area contributed by atoms with Crippen molar-refractivity contribution in [2.24, 2.45) is 0 Å². The van der Waals surface area contributed by atoms with Crippen LogP contribution in [0.3, 0.4) is 0 Å². The van der Waals surface area contributed by atoms with Gasteiger partial charge in [0.15, 0.2) is 0 Å². The number of aromatic amines is 1. The van der Waals surface area contributed by atoms with Crippen LogP contribution in [0, 0.1) is 17.0 Å². The van der Waals surface area contributed by atoms with Crippen molar-refractivity contribution in [2.75, 3.05) is 0 Å². The van der Waals surface area contributed by atoms with Gasteiger partial charge in [-0.2, -0.15) is 5.10 Å². The van der Waals surface area contributed by atoms with Gasteiger partial charge in [-0.3, -0.25) is 20.0 Å². The Morgan fingerprint density at radius 2 is 2.18 bits per heavy atom. The number of benzene rings is 1. The van der Waals surface area contributed by atoms with Crippen LogP contribution < -0.4 is 5.32 Å². The van der Waals surface area contributed by atoms with Crippen LogP contribution in [0.25, 0.3) is 0 Å². The van der Waals surface area contributed by atoms with Gasteiger partial charge in [-0.1, -0.05) is 0 Å². The van der Waals surface area contributed by atoms with E-state index in [-0.39, 0.29) is 17.2 Å². The van der Waals surface area contributed by atoms with E-state index < -0.39 is 10.5 Å². The number of nitro benzene ring substituents is 1. The van der Waals surface area contributed by atoms with Gasteiger partial charge in [0.05, 0.1) is 10.5 Å². The van der Waals surface area contributed by atoms with Crippen molar-refractivity contribution < 1.29 is 9.72 Å². The second-order valence-electron chi connectivity index (χ2n) is 5.54. The molecule has 22 heavy (non-hydrogen) atoms. The number of rotatable bonds is 4. The molecule has 0 saturated heterocycles. The molecular weight excluding hydrogens is 286 g/mol. The maximum atomic E-state index is 12.5. The average Bonchev–Trinajstić information content (AvgIpc) is 2.96. The zero-order valence-electron chi connectivity index (χ0n) is 12.0. The number of amides is 1. The third-order valence-electron chi connectivity index (χ3n) is 3.96. The summed E-state index contributed by atoms with van der Waals surface area (Å²) in [5.41, 5.74) is 0.304. The molecule has 1 fully saturated rings. The van der Waals surface area contributed by atoms with Crippen molar-refractivity contribution in [2.45, 2.75) is 31.7 Å². The van der Waals surface area contributed by atoms with Crippen LogP contribution in [0.2, 0.25) is 0 Å². The minimum atomic E-state index is -0.549. The highest BCUT2D eigenvalue weighted by atomic mass is 16.6. The van der Waals surface area contributed by atoms with E-state index in [0.29, 0.717) is 11.4 Å². The van der Waals surface area contributed by atoms with E-state index in [9.17, 15) is 14.9 Å². The van der Waals surface area contributed by atoms with Gasteiger partial charge in [-0.25, -0.2) is 4.98 Å². The molecule has 1 heterocycles. The third kappa shape index (κ3) is 2.43. The van der Waals surface area contributed by atoms with Crippen LogP contribution in [0.15, 0.2) is 24.5 Å². The van der Waals surface area contributed by atoms with Gasteiger partial charge in [0.1, 0.15) is 12.2 Å². The van der Waals surface area contributed by atoms with E-state index in [1.165, 1.54) is 18.5 Å². The molecule has 0 atom stereocenters. The molecule has 1 amide bonds. The SMILES string of the molecule is Cc1cc(C(=O)NC2(c3ncn[nH]3)CCC2)cc([N+](=O)[O-])c1. The van der Waals surface area contributed by atoms with Gasteiger partial charge in [0.25, 0.3) is 11.6 Å². The molecule has 2 aromatic rings. The molecule has 114 valence electrons. The first-order valence-electron chi connectivity index (χ1n) is 6.95. The molecule has 8 nitrogen and oxygen atoms in total. The van der Waals surface area contributed by atoms with Crippen molar-refractivity contribution in [3.63, 3.8) is 0 Å². The van der Waals surface area contributed by atoms with Crippen molar-refractivity contribution in [1.82, 2.24) is 20.5 Å². The number of H-pyrrole nitrogens is 1. The predicted molar refractivity (Wildman–Crippen MR) is 77.2 cm³/mol. The number of carbonyl (C=O) groups is 1. The summed E-state index contributed by atoms with van der Waals surface area (Å²) < 4.78 is 0. The number of nitrogens with zero attached hydrogens (tertiary/aromatic N) is 3. The Morgan fingerprint density at radius 3 is 2.73 bits per heavy atom. The molecule has 1 saturated carbocycles. The smallest absolute Gasteiger partial charge is 0.270 e. The number of carbonyl (C=O) groups excluding carboxylic acids is 1. The highest BCUT2D eigenvalue weighted by Gasteiger charge is 2.42. The van der Waals surface area contributed by atoms with Gasteiger partial charge in [-0.05, 0) is 37.8 Å². The summed E-state index contributed by atoms with van der Waals surface area (Å²) in [6, 6.07) is 4.36. The highest BCUT2D eigenvalue weighted by molar-refractivity contribution is 5.95. The van der Waals surface area contributed by atoms with Gasteiger partial charge in [0.2, 0.25) is 0 Å². The van der Waals surface area contributed by atoms with Gasteiger partial charge in [-0.15, -0.1) is 0 Å². The fourth-order valence-electron chi connectivity index (χ4n) is 2.68. The summed E-state index contributed by atoms with van der Waals surface area (Å²) in [6.07, 6.45) is 3.91. The third-order valence-corrected chi connectivity index (χ3v) is 3.96. The summed E-state index contributed by atoms with van der Waals surface area (Å²) >= 11 is 0. The van der Waals surface area contributed by atoms with Crippen LogP contribution in [-0.4, -0.2) is 26.0 Å². The lowest BCUT2D eigenvalue weighted by molar-refractivity contribution is -0.384. The minimum Gasteiger partial charge on any atom is -0.339 e. The summed E-state index contributed by atoms with van der Waals surface area (Å²) in [5.74, 6) is 0.275. The Labute approximate surface area is 126 Å².